The summed E-state index contributed by atoms with van der Waals surface area (Å²) in [4.78, 5) is 4.56. The molecule has 17 heavy (non-hydrogen) atoms. The van der Waals surface area contributed by atoms with Gasteiger partial charge in [-0.15, -0.1) is 0 Å². The second-order valence-corrected chi connectivity index (χ2v) is 4.44. The highest BCUT2D eigenvalue weighted by Gasteiger charge is 2.02. The molecule has 1 aromatic heterocycles. The maximum absolute atomic E-state index is 4.56. The molecular weight excluding hydrogens is 208 g/mol. The first-order chi connectivity index (χ1) is 8.31. The van der Waals surface area contributed by atoms with Gasteiger partial charge in [0.15, 0.2) is 0 Å². The third-order valence-corrected chi connectivity index (χ3v) is 2.93. The molecule has 0 aliphatic heterocycles. The van der Waals surface area contributed by atoms with Crippen LogP contribution in [0.25, 0.3) is 10.9 Å². The van der Waals surface area contributed by atoms with Crippen LogP contribution >= 0.6 is 0 Å². The van der Waals surface area contributed by atoms with E-state index in [1.54, 1.807) is 0 Å². The van der Waals surface area contributed by atoms with Crippen molar-refractivity contribution in [1.82, 2.24) is 10.3 Å². The zero-order valence-electron chi connectivity index (χ0n) is 10.7. The van der Waals surface area contributed by atoms with Crippen LogP contribution in [0.4, 0.5) is 0 Å². The van der Waals surface area contributed by atoms with Crippen molar-refractivity contribution in [3.05, 3.63) is 41.6 Å². The number of hydrogen-bond acceptors (Lipinski definition) is 2. The van der Waals surface area contributed by atoms with Crippen molar-refractivity contribution in [1.29, 1.82) is 0 Å². The lowest BCUT2D eigenvalue weighted by atomic mass is 10.1. The Bertz CT molecular complexity index is 491. The van der Waals surface area contributed by atoms with Gasteiger partial charge in [0.05, 0.1) is 5.52 Å². The van der Waals surface area contributed by atoms with E-state index in [2.05, 4.69) is 48.4 Å². The molecule has 0 radical (unpaired) electrons. The molecule has 0 saturated heterocycles. The van der Waals surface area contributed by atoms with Crippen molar-refractivity contribution in [2.75, 3.05) is 13.1 Å². The number of para-hydroxylation sites is 1. The van der Waals surface area contributed by atoms with Gasteiger partial charge < -0.3 is 5.32 Å². The second-order valence-electron chi connectivity index (χ2n) is 4.44. The van der Waals surface area contributed by atoms with Crippen molar-refractivity contribution in [3.8, 4) is 0 Å². The molecule has 0 amide bonds. The van der Waals surface area contributed by atoms with Gasteiger partial charge in [0.1, 0.15) is 0 Å². The highest BCUT2D eigenvalue weighted by atomic mass is 14.8. The van der Waals surface area contributed by atoms with E-state index in [4.69, 9.17) is 0 Å². The summed E-state index contributed by atoms with van der Waals surface area (Å²) >= 11 is 0. The lowest BCUT2D eigenvalue weighted by Gasteiger charge is -2.08. The van der Waals surface area contributed by atoms with Crippen LogP contribution in [0.15, 0.2) is 30.3 Å². The maximum Gasteiger partial charge on any atom is 0.0707 e. The predicted octanol–water partition coefficient (Wildman–Crippen LogP) is 3.09. The van der Waals surface area contributed by atoms with Crippen LogP contribution in [0.5, 0.6) is 0 Å². The van der Waals surface area contributed by atoms with E-state index in [0.29, 0.717) is 0 Å². The molecule has 0 atom stereocenters. The van der Waals surface area contributed by atoms with E-state index in [0.717, 1.165) is 30.7 Å². The highest BCUT2D eigenvalue weighted by molar-refractivity contribution is 5.82. The number of aromatic nitrogens is 1. The Morgan fingerprint density at radius 2 is 2.00 bits per heavy atom. The zero-order valence-corrected chi connectivity index (χ0v) is 10.7. The van der Waals surface area contributed by atoms with Crippen LogP contribution in [-0.4, -0.2) is 18.1 Å². The SMILES string of the molecule is CCCNCCc1cc(C)nc2ccccc12. The summed E-state index contributed by atoms with van der Waals surface area (Å²) in [7, 11) is 0. The molecule has 1 N–H and O–H groups in total. The first-order valence-electron chi connectivity index (χ1n) is 6.37. The minimum absolute atomic E-state index is 1.04. The van der Waals surface area contributed by atoms with Crippen LogP contribution in [0.1, 0.15) is 24.6 Å². The maximum atomic E-state index is 4.56. The predicted molar refractivity (Wildman–Crippen MR) is 73.3 cm³/mol. The van der Waals surface area contributed by atoms with E-state index in [1.165, 1.54) is 17.4 Å². The van der Waals surface area contributed by atoms with Crippen molar-refractivity contribution < 1.29 is 0 Å². The highest BCUT2D eigenvalue weighted by Crippen LogP contribution is 2.18. The third kappa shape index (κ3) is 3.04. The molecule has 1 heterocycles. The van der Waals surface area contributed by atoms with Gasteiger partial charge >= 0.3 is 0 Å². The lowest BCUT2D eigenvalue weighted by Crippen LogP contribution is -2.18. The summed E-state index contributed by atoms with van der Waals surface area (Å²) in [6, 6.07) is 10.6. The van der Waals surface area contributed by atoms with Crippen LogP contribution in [0.3, 0.4) is 0 Å². The van der Waals surface area contributed by atoms with Gasteiger partial charge in [0, 0.05) is 11.1 Å². The molecule has 0 spiro atoms. The number of nitrogens with zero attached hydrogens (tertiary/aromatic N) is 1. The topological polar surface area (TPSA) is 24.9 Å². The quantitative estimate of drug-likeness (QED) is 0.795. The number of fused-ring (bicyclic) bond motifs is 1. The molecule has 2 heteroatoms. The van der Waals surface area contributed by atoms with Gasteiger partial charge in [-0.1, -0.05) is 25.1 Å². The van der Waals surface area contributed by atoms with Crippen molar-refractivity contribution >= 4 is 10.9 Å². The molecule has 2 aromatic rings. The number of hydrogen-bond donors (Lipinski definition) is 1. The lowest BCUT2D eigenvalue weighted by molar-refractivity contribution is 0.672. The van der Waals surface area contributed by atoms with Crippen LogP contribution in [0.2, 0.25) is 0 Å². The molecule has 0 saturated carbocycles. The Balaban J connectivity index is 2.20. The molecule has 0 aliphatic rings. The minimum Gasteiger partial charge on any atom is -0.316 e. The Morgan fingerprint density at radius 1 is 1.18 bits per heavy atom. The molecule has 2 rings (SSSR count). The van der Waals surface area contributed by atoms with Gasteiger partial charge in [-0.05, 0) is 50.6 Å². The monoisotopic (exact) mass is 228 g/mol. The number of aryl methyl sites for hydroxylation is 1. The van der Waals surface area contributed by atoms with E-state index in [1.807, 2.05) is 6.07 Å². The fourth-order valence-electron chi connectivity index (χ4n) is 2.13. The summed E-state index contributed by atoms with van der Waals surface area (Å²) in [5.41, 5.74) is 3.61. The summed E-state index contributed by atoms with van der Waals surface area (Å²) in [6.45, 7) is 6.40. The van der Waals surface area contributed by atoms with Gasteiger partial charge in [-0.2, -0.15) is 0 Å². The van der Waals surface area contributed by atoms with Crippen LogP contribution < -0.4 is 5.32 Å². The Morgan fingerprint density at radius 3 is 2.82 bits per heavy atom. The number of benzene rings is 1. The summed E-state index contributed by atoms with van der Waals surface area (Å²) in [5, 5.41) is 4.74. The van der Waals surface area contributed by atoms with E-state index < -0.39 is 0 Å². The summed E-state index contributed by atoms with van der Waals surface area (Å²) in [6.07, 6.45) is 2.26. The van der Waals surface area contributed by atoms with Crippen LogP contribution in [0, 0.1) is 6.92 Å². The first kappa shape index (κ1) is 12.1. The van der Waals surface area contributed by atoms with Crippen molar-refractivity contribution in [2.24, 2.45) is 0 Å². The fourth-order valence-corrected chi connectivity index (χ4v) is 2.13. The molecule has 0 bridgehead atoms. The van der Waals surface area contributed by atoms with E-state index in [9.17, 15) is 0 Å². The second kappa shape index (κ2) is 5.78. The van der Waals surface area contributed by atoms with Crippen molar-refractivity contribution in [2.45, 2.75) is 26.7 Å². The normalized spacial score (nSPS) is 10.9. The van der Waals surface area contributed by atoms with Gasteiger partial charge in [0.2, 0.25) is 0 Å². The summed E-state index contributed by atoms with van der Waals surface area (Å²) < 4.78 is 0. The molecule has 0 fully saturated rings. The van der Waals surface area contributed by atoms with Gasteiger partial charge in [-0.25, -0.2) is 0 Å². The van der Waals surface area contributed by atoms with E-state index in [-0.39, 0.29) is 0 Å². The number of rotatable bonds is 5. The standard InChI is InChI=1S/C15H20N2/c1-3-9-16-10-8-13-11-12(2)17-15-7-5-4-6-14(13)15/h4-7,11,16H,3,8-10H2,1-2H3. The molecular formula is C15H20N2. The van der Waals surface area contributed by atoms with Gasteiger partial charge in [0.25, 0.3) is 0 Å². The van der Waals surface area contributed by atoms with E-state index >= 15 is 0 Å². The largest absolute Gasteiger partial charge is 0.316 e. The Hall–Kier alpha value is -1.41. The third-order valence-electron chi connectivity index (χ3n) is 2.93. The zero-order chi connectivity index (χ0) is 12.1. The van der Waals surface area contributed by atoms with Gasteiger partial charge in [-0.3, -0.25) is 4.98 Å². The number of nitrogens with one attached hydrogen (secondary N) is 1. The molecule has 0 aliphatic carbocycles. The number of pyridine rings is 1. The molecule has 90 valence electrons. The average Bonchev–Trinajstić information content (AvgIpc) is 2.34. The smallest absolute Gasteiger partial charge is 0.0707 e. The Kier molecular flexibility index (Phi) is 4.10. The Labute approximate surface area is 103 Å². The molecule has 1 aromatic carbocycles. The average molecular weight is 228 g/mol. The first-order valence-corrected chi connectivity index (χ1v) is 6.37. The summed E-state index contributed by atoms with van der Waals surface area (Å²) in [5.74, 6) is 0. The molecule has 0 unspecified atom stereocenters. The van der Waals surface area contributed by atoms with Crippen molar-refractivity contribution in [3.63, 3.8) is 0 Å². The fraction of sp³-hybridized carbons (Fsp3) is 0.400. The molecule has 2 nitrogen and oxygen atoms in total. The minimum atomic E-state index is 1.04. The van der Waals surface area contributed by atoms with Crippen LogP contribution in [-0.2, 0) is 6.42 Å².